The van der Waals surface area contributed by atoms with Crippen molar-refractivity contribution in [3.63, 3.8) is 0 Å². The minimum absolute atomic E-state index is 0.229. The molecule has 0 aliphatic carbocycles. The third kappa shape index (κ3) is 37.1. The van der Waals surface area contributed by atoms with E-state index in [9.17, 15) is 4.79 Å². The van der Waals surface area contributed by atoms with Crippen molar-refractivity contribution in [3.8, 4) is 0 Å². The van der Waals surface area contributed by atoms with Gasteiger partial charge in [-0.25, -0.2) is 0 Å². The molecule has 0 aromatic heterocycles. The Morgan fingerprint density at radius 2 is 0.780 bits per heavy atom. The standard InChI is InChI=1S/C38H76N2O/c1-3-5-7-9-11-13-15-17-19-21-23-25-27-29-31-33-35-39-36-37-40-38(41)34-32-30-28-26-24-22-20-18-16-14-12-10-8-6-4-2/h18,20,39H,3-17,19,21-37H2,1-2H3,(H,40,41)/b20-18-. The summed E-state index contributed by atoms with van der Waals surface area (Å²) in [5.41, 5.74) is 0. The number of hydrogen-bond acceptors (Lipinski definition) is 2. The molecule has 41 heavy (non-hydrogen) atoms. The van der Waals surface area contributed by atoms with E-state index in [1.54, 1.807) is 0 Å². The molecule has 3 nitrogen and oxygen atoms in total. The van der Waals surface area contributed by atoms with Crippen molar-refractivity contribution in [3.05, 3.63) is 12.2 Å². The van der Waals surface area contributed by atoms with Gasteiger partial charge >= 0.3 is 0 Å². The van der Waals surface area contributed by atoms with Crippen LogP contribution in [0.5, 0.6) is 0 Å². The number of carbonyl (C=O) groups is 1. The SMILES string of the molecule is CCCCCCCC/C=C\CCCCCCCC(=O)NCCNCCCCCCCCCCCCCCCCCC. The summed E-state index contributed by atoms with van der Waals surface area (Å²) >= 11 is 0. The van der Waals surface area contributed by atoms with Crippen LogP contribution >= 0.6 is 0 Å². The molecule has 0 aliphatic rings. The van der Waals surface area contributed by atoms with E-state index >= 15 is 0 Å². The Hall–Kier alpha value is -0.830. The monoisotopic (exact) mass is 577 g/mol. The van der Waals surface area contributed by atoms with E-state index in [0.717, 1.165) is 26.1 Å². The first-order chi connectivity index (χ1) is 20.3. The van der Waals surface area contributed by atoms with Crippen molar-refractivity contribution in [2.24, 2.45) is 0 Å². The third-order valence-corrected chi connectivity index (χ3v) is 8.50. The van der Waals surface area contributed by atoms with Gasteiger partial charge in [-0.1, -0.05) is 174 Å². The number of nitrogens with one attached hydrogen (secondary N) is 2. The first kappa shape index (κ1) is 40.2. The fourth-order valence-electron chi connectivity index (χ4n) is 5.66. The average molecular weight is 577 g/mol. The van der Waals surface area contributed by atoms with Gasteiger partial charge in [0, 0.05) is 19.5 Å². The molecule has 0 fully saturated rings. The summed E-state index contributed by atoms with van der Waals surface area (Å²) in [5, 5.41) is 6.57. The molecule has 0 aromatic rings. The predicted octanol–water partition coefficient (Wildman–Crippen LogP) is 12.0. The molecular formula is C38H76N2O. The predicted molar refractivity (Wildman–Crippen MR) is 185 cm³/mol. The van der Waals surface area contributed by atoms with Gasteiger partial charge in [-0.15, -0.1) is 0 Å². The normalized spacial score (nSPS) is 11.6. The van der Waals surface area contributed by atoms with Crippen LogP contribution < -0.4 is 10.6 Å². The average Bonchev–Trinajstić information content (AvgIpc) is 2.98. The second-order valence-electron chi connectivity index (χ2n) is 12.7. The van der Waals surface area contributed by atoms with E-state index in [1.807, 2.05) is 0 Å². The van der Waals surface area contributed by atoms with Gasteiger partial charge in [-0.2, -0.15) is 0 Å². The van der Waals surface area contributed by atoms with Crippen LogP contribution in [0.1, 0.15) is 206 Å². The Balaban J connectivity index is 3.17. The van der Waals surface area contributed by atoms with Crippen LogP contribution in [0.4, 0.5) is 0 Å². The smallest absolute Gasteiger partial charge is 0.220 e. The van der Waals surface area contributed by atoms with Gasteiger partial charge in [-0.05, 0) is 45.1 Å². The highest BCUT2D eigenvalue weighted by atomic mass is 16.1. The number of carbonyl (C=O) groups excluding carboxylic acids is 1. The molecular weight excluding hydrogens is 500 g/mol. The third-order valence-electron chi connectivity index (χ3n) is 8.50. The summed E-state index contributed by atoms with van der Waals surface area (Å²) in [6.07, 6.45) is 45.0. The first-order valence-corrected chi connectivity index (χ1v) is 18.9. The topological polar surface area (TPSA) is 41.1 Å². The maximum absolute atomic E-state index is 12.0. The van der Waals surface area contributed by atoms with Crippen molar-refractivity contribution < 1.29 is 4.79 Å². The molecule has 0 rings (SSSR count). The van der Waals surface area contributed by atoms with Gasteiger partial charge in [0.1, 0.15) is 0 Å². The van der Waals surface area contributed by atoms with Gasteiger partial charge in [0.05, 0.1) is 0 Å². The highest BCUT2D eigenvalue weighted by Gasteiger charge is 2.00. The van der Waals surface area contributed by atoms with Gasteiger partial charge in [0.2, 0.25) is 5.91 Å². The summed E-state index contributed by atoms with van der Waals surface area (Å²) in [6.45, 7) is 7.33. The van der Waals surface area contributed by atoms with E-state index < -0.39 is 0 Å². The van der Waals surface area contributed by atoms with Crippen LogP contribution in [0.2, 0.25) is 0 Å². The van der Waals surface area contributed by atoms with Crippen LogP contribution in [0.15, 0.2) is 12.2 Å². The molecule has 2 N–H and O–H groups in total. The van der Waals surface area contributed by atoms with E-state index in [1.165, 1.54) is 180 Å². The van der Waals surface area contributed by atoms with Crippen LogP contribution in [-0.2, 0) is 4.79 Å². The fourth-order valence-corrected chi connectivity index (χ4v) is 5.66. The molecule has 1 amide bonds. The molecule has 0 aliphatic heterocycles. The lowest BCUT2D eigenvalue weighted by Crippen LogP contribution is -2.32. The second-order valence-corrected chi connectivity index (χ2v) is 12.7. The molecule has 0 aromatic carbocycles. The zero-order valence-electron chi connectivity index (χ0n) is 28.4. The highest BCUT2D eigenvalue weighted by molar-refractivity contribution is 5.75. The molecule has 0 saturated heterocycles. The molecule has 0 spiro atoms. The number of hydrogen-bond donors (Lipinski definition) is 2. The summed E-state index contributed by atoms with van der Waals surface area (Å²) in [4.78, 5) is 12.0. The number of unbranched alkanes of at least 4 members (excludes halogenated alkanes) is 26. The zero-order chi connectivity index (χ0) is 29.7. The van der Waals surface area contributed by atoms with Gasteiger partial charge in [0.25, 0.3) is 0 Å². The Labute approximate surface area is 259 Å². The maximum atomic E-state index is 12.0. The van der Waals surface area contributed by atoms with Crippen LogP contribution in [-0.4, -0.2) is 25.5 Å². The van der Waals surface area contributed by atoms with E-state index in [0.29, 0.717) is 6.42 Å². The summed E-state index contributed by atoms with van der Waals surface area (Å²) in [7, 11) is 0. The Morgan fingerprint density at radius 1 is 0.415 bits per heavy atom. The number of allylic oxidation sites excluding steroid dienone is 2. The lowest BCUT2D eigenvalue weighted by Gasteiger charge is -2.07. The fraction of sp³-hybridized carbons (Fsp3) is 0.921. The Morgan fingerprint density at radius 3 is 1.22 bits per heavy atom. The van der Waals surface area contributed by atoms with Crippen molar-refractivity contribution in [1.29, 1.82) is 0 Å². The lowest BCUT2D eigenvalue weighted by molar-refractivity contribution is -0.121. The van der Waals surface area contributed by atoms with Crippen molar-refractivity contribution in [2.75, 3.05) is 19.6 Å². The second kappa shape index (κ2) is 37.2. The van der Waals surface area contributed by atoms with E-state index in [4.69, 9.17) is 0 Å². The maximum Gasteiger partial charge on any atom is 0.220 e. The summed E-state index contributed by atoms with van der Waals surface area (Å²) < 4.78 is 0. The van der Waals surface area contributed by atoms with E-state index in [-0.39, 0.29) is 5.91 Å². The Kier molecular flexibility index (Phi) is 36.4. The highest BCUT2D eigenvalue weighted by Crippen LogP contribution is 2.14. The van der Waals surface area contributed by atoms with Crippen molar-refractivity contribution in [2.45, 2.75) is 206 Å². The largest absolute Gasteiger partial charge is 0.355 e. The minimum atomic E-state index is 0.229. The quantitative estimate of drug-likeness (QED) is 0.0582. The van der Waals surface area contributed by atoms with Crippen LogP contribution in [0.3, 0.4) is 0 Å². The van der Waals surface area contributed by atoms with E-state index in [2.05, 4.69) is 36.6 Å². The van der Waals surface area contributed by atoms with Gasteiger partial charge in [0.15, 0.2) is 0 Å². The summed E-state index contributed by atoms with van der Waals surface area (Å²) in [5.74, 6) is 0.229. The van der Waals surface area contributed by atoms with Crippen LogP contribution in [0, 0.1) is 0 Å². The first-order valence-electron chi connectivity index (χ1n) is 18.9. The molecule has 3 heteroatoms. The summed E-state index contributed by atoms with van der Waals surface area (Å²) in [6, 6.07) is 0. The molecule has 0 radical (unpaired) electrons. The molecule has 0 unspecified atom stereocenters. The molecule has 0 heterocycles. The van der Waals surface area contributed by atoms with Crippen molar-refractivity contribution in [1.82, 2.24) is 10.6 Å². The minimum Gasteiger partial charge on any atom is -0.355 e. The van der Waals surface area contributed by atoms with Crippen LogP contribution in [0.25, 0.3) is 0 Å². The number of amides is 1. The van der Waals surface area contributed by atoms with Gasteiger partial charge in [-0.3, -0.25) is 4.79 Å². The Bertz CT molecular complexity index is 518. The number of rotatable bonds is 35. The molecule has 244 valence electrons. The zero-order valence-corrected chi connectivity index (χ0v) is 28.4. The lowest BCUT2D eigenvalue weighted by atomic mass is 10.0. The van der Waals surface area contributed by atoms with Crippen molar-refractivity contribution >= 4 is 5.91 Å². The molecule has 0 saturated carbocycles. The van der Waals surface area contributed by atoms with Gasteiger partial charge < -0.3 is 10.6 Å². The molecule has 0 atom stereocenters. The molecule has 0 bridgehead atoms.